The van der Waals surface area contributed by atoms with Crippen LogP contribution in [0.15, 0.2) is 18.2 Å². The molecule has 1 aromatic carbocycles. The van der Waals surface area contributed by atoms with Gasteiger partial charge in [-0.25, -0.2) is 4.79 Å². The average molecular weight is 447 g/mol. The number of ether oxygens (including phenoxy) is 2. The van der Waals surface area contributed by atoms with Crippen molar-refractivity contribution in [2.75, 3.05) is 18.5 Å². The smallest absolute Gasteiger partial charge is 0.329 e. The number of nitro benzene ring substituents is 1. The average Bonchev–Trinajstić information content (AvgIpc) is 3.03. The molecule has 3 atom stereocenters. The molecule has 172 valence electrons. The molecule has 2 unspecified atom stereocenters. The summed E-state index contributed by atoms with van der Waals surface area (Å²) in [4.78, 5) is 61.3. The summed E-state index contributed by atoms with van der Waals surface area (Å²) in [5.74, 6) is -2.97. The van der Waals surface area contributed by atoms with Crippen molar-refractivity contribution in [2.45, 2.75) is 45.6 Å². The Labute approximate surface area is 184 Å². The molecule has 2 fully saturated rings. The quantitative estimate of drug-likeness (QED) is 0.276. The van der Waals surface area contributed by atoms with Gasteiger partial charge in [-0.1, -0.05) is 12.8 Å². The second-order valence-electron chi connectivity index (χ2n) is 7.74. The van der Waals surface area contributed by atoms with E-state index in [1.165, 1.54) is 25.1 Å². The number of benzene rings is 1. The standard InChI is InChI=1S/C21H25N3O8/c1-3-31-13-8-9-16(17(10-13)24(29)30)22-18(25)11-32-21(28)12(2)23-19(26)14-6-4-5-7-15(14)20(23)27/h8-10,12,14-15H,3-7,11H2,1-2H3,(H,22,25)/t12-,14?,15?/m0/s1. The molecule has 1 saturated heterocycles. The van der Waals surface area contributed by atoms with Gasteiger partial charge in [0.15, 0.2) is 6.61 Å². The van der Waals surface area contributed by atoms with Crippen LogP contribution in [0.25, 0.3) is 0 Å². The van der Waals surface area contributed by atoms with Crippen molar-refractivity contribution < 1.29 is 33.6 Å². The van der Waals surface area contributed by atoms with E-state index in [9.17, 15) is 29.3 Å². The van der Waals surface area contributed by atoms with Gasteiger partial charge in [0, 0.05) is 0 Å². The minimum absolute atomic E-state index is 0.0819. The molecule has 0 spiro atoms. The highest BCUT2D eigenvalue weighted by atomic mass is 16.6. The molecule has 3 amide bonds. The summed E-state index contributed by atoms with van der Waals surface area (Å²) in [7, 11) is 0. The Balaban J connectivity index is 1.59. The first kappa shape index (κ1) is 23.2. The summed E-state index contributed by atoms with van der Waals surface area (Å²) in [6.45, 7) is 2.70. The molecule has 1 aliphatic heterocycles. The fourth-order valence-corrected chi connectivity index (χ4v) is 4.14. The van der Waals surface area contributed by atoms with E-state index < -0.39 is 41.3 Å². The van der Waals surface area contributed by atoms with Crippen LogP contribution >= 0.6 is 0 Å². The minimum atomic E-state index is -1.16. The normalized spacial score (nSPS) is 21.0. The Morgan fingerprint density at radius 3 is 2.41 bits per heavy atom. The molecule has 32 heavy (non-hydrogen) atoms. The monoisotopic (exact) mass is 447 g/mol. The summed E-state index contributed by atoms with van der Waals surface area (Å²) in [5.41, 5.74) is -0.457. The lowest BCUT2D eigenvalue weighted by atomic mass is 9.81. The fourth-order valence-electron chi connectivity index (χ4n) is 4.14. The number of amides is 3. The van der Waals surface area contributed by atoms with Gasteiger partial charge in [-0.3, -0.25) is 29.4 Å². The van der Waals surface area contributed by atoms with E-state index in [1.807, 2.05) is 0 Å². The Morgan fingerprint density at radius 1 is 1.22 bits per heavy atom. The molecule has 1 aromatic rings. The molecular weight excluding hydrogens is 422 g/mol. The largest absolute Gasteiger partial charge is 0.494 e. The van der Waals surface area contributed by atoms with Gasteiger partial charge < -0.3 is 14.8 Å². The van der Waals surface area contributed by atoms with Crippen molar-refractivity contribution in [2.24, 2.45) is 11.8 Å². The summed E-state index contributed by atoms with van der Waals surface area (Å²) < 4.78 is 10.2. The lowest BCUT2D eigenvalue weighted by molar-refractivity contribution is -0.384. The number of esters is 1. The maximum Gasteiger partial charge on any atom is 0.329 e. The molecule has 11 heteroatoms. The molecular formula is C21H25N3O8. The Hall–Kier alpha value is -3.50. The van der Waals surface area contributed by atoms with Gasteiger partial charge in [0.1, 0.15) is 17.5 Å². The number of nitro groups is 1. The van der Waals surface area contributed by atoms with Gasteiger partial charge >= 0.3 is 5.97 Å². The topological polar surface area (TPSA) is 145 Å². The summed E-state index contributed by atoms with van der Waals surface area (Å²) in [6.07, 6.45) is 2.98. The first-order chi connectivity index (χ1) is 15.2. The summed E-state index contributed by atoms with van der Waals surface area (Å²) in [5, 5.41) is 13.6. The molecule has 1 aliphatic carbocycles. The third kappa shape index (κ3) is 4.71. The van der Waals surface area contributed by atoms with Gasteiger partial charge in [0.05, 0.1) is 29.4 Å². The zero-order valence-corrected chi connectivity index (χ0v) is 17.9. The number of imide groups is 1. The zero-order valence-electron chi connectivity index (χ0n) is 17.9. The highest BCUT2D eigenvalue weighted by Gasteiger charge is 2.51. The number of hydrogen-bond donors (Lipinski definition) is 1. The number of carbonyl (C=O) groups is 4. The molecule has 1 N–H and O–H groups in total. The number of nitrogens with zero attached hydrogens (tertiary/aromatic N) is 2. The van der Waals surface area contributed by atoms with Crippen LogP contribution in [0.4, 0.5) is 11.4 Å². The number of likely N-dealkylation sites (tertiary alicyclic amines) is 1. The minimum Gasteiger partial charge on any atom is -0.494 e. The number of carbonyl (C=O) groups excluding carboxylic acids is 4. The van der Waals surface area contributed by atoms with Crippen molar-refractivity contribution in [1.82, 2.24) is 4.90 Å². The van der Waals surface area contributed by atoms with E-state index in [1.54, 1.807) is 6.92 Å². The van der Waals surface area contributed by atoms with Crippen molar-refractivity contribution in [3.05, 3.63) is 28.3 Å². The second kappa shape index (κ2) is 9.75. The molecule has 0 aromatic heterocycles. The lowest BCUT2D eigenvalue weighted by Crippen LogP contribution is -2.45. The van der Waals surface area contributed by atoms with Crippen molar-refractivity contribution in [1.29, 1.82) is 0 Å². The van der Waals surface area contributed by atoms with E-state index in [-0.39, 0.29) is 28.9 Å². The maximum absolute atomic E-state index is 12.6. The van der Waals surface area contributed by atoms with Gasteiger partial charge in [-0.05, 0) is 38.8 Å². The van der Waals surface area contributed by atoms with E-state index in [0.29, 0.717) is 19.4 Å². The first-order valence-corrected chi connectivity index (χ1v) is 10.5. The summed E-state index contributed by atoms with van der Waals surface area (Å²) >= 11 is 0. The van der Waals surface area contributed by atoms with Crippen LogP contribution in [0.5, 0.6) is 5.75 Å². The second-order valence-corrected chi connectivity index (χ2v) is 7.74. The SMILES string of the molecule is CCOc1ccc(NC(=O)COC(=O)[C@H](C)N2C(=O)C3CCCCC3C2=O)c([N+](=O)[O-])c1. The van der Waals surface area contributed by atoms with E-state index >= 15 is 0 Å². The number of rotatable bonds is 8. The molecule has 1 saturated carbocycles. The van der Waals surface area contributed by atoms with Gasteiger partial charge in [0.2, 0.25) is 11.8 Å². The highest BCUT2D eigenvalue weighted by molar-refractivity contribution is 6.08. The number of nitrogens with one attached hydrogen (secondary N) is 1. The zero-order chi connectivity index (χ0) is 23.4. The van der Waals surface area contributed by atoms with Gasteiger partial charge in [-0.15, -0.1) is 0 Å². The van der Waals surface area contributed by atoms with Crippen LogP contribution in [-0.2, 0) is 23.9 Å². The van der Waals surface area contributed by atoms with E-state index in [4.69, 9.17) is 9.47 Å². The molecule has 0 bridgehead atoms. The first-order valence-electron chi connectivity index (χ1n) is 10.5. The van der Waals surface area contributed by atoms with Gasteiger partial charge in [0.25, 0.3) is 11.6 Å². The number of anilines is 1. The van der Waals surface area contributed by atoms with Gasteiger partial charge in [-0.2, -0.15) is 0 Å². The molecule has 11 nitrogen and oxygen atoms in total. The molecule has 1 heterocycles. The van der Waals surface area contributed by atoms with Crippen molar-refractivity contribution >= 4 is 35.1 Å². The fraction of sp³-hybridized carbons (Fsp3) is 0.524. The van der Waals surface area contributed by atoms with E-state index in [0.717, 1.165) is 17.7 Å². The predicted molar refractivity (Wildman–Crippen MR) is 111 cm³/mol. The predicted octanol–water partition coefficient (Wildman–Crippen LogP) is 2.04. The maximum atomic E-state index is 12.6. The Kier molecular flexibility index (Phi) is 7.06. The number of fused-ring (bicyclic) bond motifs is 1. The summed E-state index contributed by atoms with van der Waals surface area (Å²) in [6, 6.07) is 2.80. The van der Waals surface area contributed by atoms with E-state index in [2.05, 4.69) is 5.32 Å². The Bertz CT molecular complexity index is 923. The Morgan fingerprint density at radius 2 is 1.84 bits per heavy atom. The third-order valence-electron chi connectivity index (χ3n) is 5.70. The van der Waals surface area contributed by atoms with Crippen LogP contribution in [0.2, 0.25) is 0 Å². The lowest BCUT2D eigenvalue weighted by Gasteiger charge is -2.21. The van der Waals surface area contributed by atoms with Crippen LogP contribution < -0.4 is 10.1 Å². The number of hydrogen-bond acceptors (Lipinski definition) is 8. The molecule has 3 rings (SSSR count). The van der Waals surface area contributed by atoms with Crippen LogP contribution in [0.1, 0.15) is 39.5 Å². The molecule has 0 radical (unpaired) electrons. The van der Waals surface area contributed by atoms with Crippen LogP contribution in [0, 0.1) is 22.0 Å². The van der Waals surface area contributed by atoms with Crippen LogP contribution in [-0.4, -0.2) is 52.8 Å². The van der Waals surface area contributed by atoms with Crippen molar-refractivity contribution in [3.8, 4) is 5.75 Å². The van der Waals surface area contributed by atoms with Crippen molar-refractivity contribution in [3.63, 3.8) is 0 Å². The van der Waals surface area contributed by atoms with Crippen LogP contribution in [0.3, 0.4) is 0 Å². The molecule has 2 aliphatic rings. The highest BCUT2D eigenvalue weighted by Crippen LogP contribution is 2.39. The third-order valence-corrected chi connectivity index (χ3v) is 5.70.